The van der Waals surface area contributed by atoms with Gasteiger partial charge in [0.1, 0.15) is 6.04 Å². The van der Waals surface area contributed by atoms with Crippen LogP contribution >= 0.6 is 0 Å². The molecule has 1 aromatic carbocycles. The number of halogens is 3. The van der Waals surface area contributed by atoms with Crippen molar-refractivity contribution in [3.05, 3.63) is 35.4 Å². The lowest BCUT2D eigenvalue weighted by Crippen LogP contribution is -2.49. The number of benzene rings is 1. The Kier molecular flexibility index (Phi) is 5.69. The molecule has 2 N–H and O–H groups in total. The van der Waals surface area contributed by atoms with Crippen LogP contribution < -0.4 is 10.6 Å². The number of rotatable bonds is 3. The van der Waals surface area contributed by atoms with Crippen LogP contribution in [0.25, 0.3) is 0 Å². The lowest BCUT2D eigenvalue weighted by Gasteiger charge is -2.23. The highest BCUT2D eigenvalue weighted by Gasteiger charge is 2.33. The zero-order valence-electron chi connectivity index (χ0n) is 13.3. The number of carbonyl (C=O) groups excluding carboxylic acids is 2. The molecular weight excluding hydrogens is 323 g/mol. The highest BCUT2D eigenvalue weighted by atomic mass is 19.4. The van der Waals surface area contributed by atoms with Crippen molar-refractivity contribution in [1.29, 1.82) is 0 Å². The number of urea groups is 1. The van der Waals surface area contributed by atoms with Crippen LogP contribution in [0.2, 0.25) is 0 Å². The second kappa shape index (κ2) is 7.55. The Morgan fingerprint density at radius 2 is 2.04 bits per heavy atom. The second-order valence-corrected chi connectivity index (χ2v) is 5.80. The Hall–Kier alpha value is -2.25. The zero-order valence-corrected chi connectivity index (χ0v) is 13.3. The molecule has 1 atom stereocenters. The van der Waals surface area contributed by atoms with E-state index in [1.165, 1.54) is 25.2 Å². The Morgan fingerprint density at radius 3 is 2.75 bits per heavy atom. The van der Waals surface area contributed by atoms with Gasteiger partial charge < -0.3 is 15.5 Å². The molecular formula is C16H20F3N3O2. The van der Waals surface area contributed by atoms with Crippen LogP contribution in [-0.4, -0.2) is 36.5 Å². The monoisotopic (exact) mass is 343 g/mol. The molecule has 24 heavy (non-hydrogen) atoms. The van der Waals surface area contributed by atoms with E-state index in [0.717, 1.165) is 23.8 Å². The molecule has 1 aliphatic rings. The fourth-order valence-electron chi connectivity index (χ4n) is 2.60. The molecule has 0 unspecified atom stereocenters. The molecule has 2 rings (SSSR count). The molecule has 1 aliphatic heterocycles. The highest BCUT2D eigenvalue weighted by molar-refractivity contribution is 5.87. The largest absolute Gasteiger partial charge is 0.416 e. The van der Waals surface area contributed by atoms with E-state index in [1.807, 2.05) is 0 Å². The fourth-order valence-corrected chi connectivity index (χ4v) is 2.60. The number of alkyl halides is 3. The van der Waals surface area contributed by atoms with Gasteiger partial charge in [-0.15, -0.1) is 0 Å². The molecule has 0 spiro atoms. The molecule has 1 fully saturated rings. The van der Waals surface area contributed by atoms with Crippen LogP contribution in [0, 0.1) is 0 Å². The lowest BCUT2D eigenvalue weighted by molar-refractivity contribution is -0.138. The molecule has 0 saturated carbocycles. The van der Waals surface area contributed by atoms with Crippen LogP contribution in [0.4, 0.5) is 18.0 Å². The van der Waals surface area contributed by atoms with Crippen molar-refractivity contribution >= 4 is 11.9 Å². The topological polar surface area (TPSA) is 61.4 Å². The summed E-state index contributed by atoms with van der Waals surface area (Å²) in [6, 6.07) is 3.90. The van der Waals surface area contributed by atoms with E-state index in [2.05, 4.69) is 10.6 Å². The summed E-state index contributed by atoms with van der Waals surface area (Å²) in [4.78, 5) is 25.2. The maximum Gasteiger partial charge on any atom is 0.416 e. The average molecular weight is 343 g/mol. The quantitative estimate of drug-likeness (QED) is 0.886. The summed E-state index contributed by atoms with van der Waals surface area (Å²) in [7, 11) is 1.40. The summed E-state index contributed by atoms with van der Waals surface area (Å²) >= 11 is 0. The minimum Gasteiger partial charge on any atom is -0.354 e. The molecule has 0 aromatic heterocycles. The van der Waals surface area contributed by atoms with Crippen molar-refractivity contribution in [2.45, 2.75) is 38.0 Å². The zero-order chi connectivity index (χ0) is 17.7. The van der Waals surface area contributed by atoms with E-state index in [4.69, 9.17) is 0 Å². The lowest BCUT2D eigenvalue weighted by atomic mass is 10.1. The van der Waals surface area contributed by atoms with E-state index in [1.54, 1.807) is 0 Å². The van der Waals surface area contributed by atoms with Crippen LogP contribution in [0.15, 0.2) is 24.3 Å². The molecule has 0 aliphatic carbocycles. The van der Waals surface area contributed by atoms with Gasteiger partial charge in [-0.25, -0.2) is 4.79 Å². The van der Waals surface area contributed by atoms with Gasteiger partial charge in [0, 0.05) is 20.1 Å². The van der Waals surface area contributed by atoms with Crippen molar-refractivity contribution in [2.24, 2.45) is 0 Å². The molecule has 8 heteroatoms. The highest BCUT2D eigenvalue weighted by Crippen LogP contribution is 2.32. The van der Waals surface area contributed by atoms with Crippen molar-refractivity contribution in [1.82, 2.24) is 15.5 Å². The van der Waals surface area contributed by atoms with Gasteiger partial charge in [0.05, 0.1) is 5.56 Å². The number of hydrogen-bond donors (Lipinski definition) is 2. The van der Waals surface area contributed by atoms with Gasteiger partial charge in [0.25, 0.3) is 0 Å². The van der Waals surface area contributed by atoms with Gasteiger partial charge in [0.15, 0.2) is 0 Å². The van der Waals surface area contributed by atoms with Crippen molar-refractivity contribution in [3.63, 3.8) is 0 Å². The molecule has 3 amide bonds. The molecule has 1 heterocycles. The summed E-state index contributed by atoms with van der Waals surface area (Å²) in [6.07, 6.45) is -2.32. The summed E-state index contributed by atoms with van der Waals surface area (Å²) < 4.78 is 39.0. The minimum absolute atomic E-state index is 0.00738. The summed E-state index contributed by atoms with van der Waals surface area (Å²) in [5.74, 6) is -0.259. The van der Waals surface area contributed by atoms with Gasteiger partial charge in [-0.05, 0) is 30.9 Å². The Morgan fingerprint density at radius 1 is 1.33 bits per heavy atom. The number of carbonyl (C=O) groups is 2. The maximum atomic E-state index is 13.0. The Balaban J connectivity index is 2.03. The van der Waals surface area contributed by atoms with Gasteiger partial charge in [0.2, 0.25) is 5.91 Å². The summed E-state index contributed by atoms with van der Waals surface area (Å²) in [5.41, 5.74) is -0.759. The van der Waals surface area contributed by atoms with E-state index in [0.29, 0.717) is 13.0 Å². The molecule has 0 bridgehead atoms. The first-order valence-corrected chi connectivity index (χ1v) is 7.73. The SMILES string of the molecule is CN(Cc1ccccc1C(F)(F)F)C(=O)N[C@@H]1CCCCNC1=O. The Bertz CT molecular complexity index is 604. The Labute approximate surface area is 138 Å². The normalized spacial score (nSPS) is 18.5. The number of hydrogen-bond acceptors (Lipinski definition) is 2. The van der Waals surface area contributed by atoms with E-state index < -0.39 is 23.8 Å². The van der Waals surface area contributed by atoms with Crippen molar-refractivity contribution in [3.8, 4) is 0 Å². The number of amides is 3. The number of nitrogens with zero attached hydrogens (tertiary/aromatic N) is 1. The minimum atomic E-state index is -4.48. The van der Waals surface area contributed by atoms with E-state index in [9.17, 15) is 22.8 Å². The van der Waals surface area contributed by atoms with Crippen LogP contribution in [0.3, 0.4) is 0 Å². The number of nitrogens with one attached hydrogen (secondary N) is 2. The van der Waals surface area contributed by atoms with Gasteiger partial charge >= 0.3 is 12.2 Å². The second-order valence-electron chi connectivity index (χ2n) is 5.80. The molecule has 1 aromatic rings. The predicted octanol–water partition coefficient (Wildman–Crippen LogP) is 2.52. The first-order chi connectivity index (χ1) is 11.3. The van der Waals surface area contributed by atoms with Crippen molar-refractivity contribution < 1.29 is 22.8 Å². The first-order valence-electron chi connectivity index (χ1n) is 7.73. The standard InChI is InChI=1S/C16H20F3N3O2/c1-22(10-11-6-2-3-7-12(11)16(17,18)19)15(24)21-13-8-4-5-9-20-14(13)23/h2-3,6-7,13H,4-5,8-10H2,1H3,(H,20,23)(H,21,24)/t13-/m1/s1. The smallest absolute Gasteiger partial charge is 0.354 e. The predicted molar refractivity (Wildman–Crippen MR) is 82.1 cm³/mol. The van der Waals surface area contributed by atoms with Gasteiger partial charge in [-0.1, -0.05) is 18.2 Å². The summed E-state index contributed by atoms with van der Waals surface area (Å²) in [5, 5.41) is 5.28. The van der Waals surface area contributed by atoms with Crippen LogP contribution in [0.1, 0.15) is 30.4 Å². The molecule has 1 saturated heterocycles. The first kappa shape index (κ1) is 18.1. The van der Waals surface area contributed by atoms with E-state index in [-0.39, 0.29) is 18.0 Å². The van der Waals surface area contributed by atoms with E-state index >= 15 is 0 Å². The molecule has 0 radical (unpaired) electrons. The maximum absolute atomic E-state index is 13.0. The average Bonchev–Trinajstić information content (AvgIpc) is 2.71. The van der Waals surface area contributed by atoms with Crippen molar-refractivity contribution in [2.75, 3.05) is 13.6 Å². The fraction of sp³-hybridized carbons (Fsp3) is 0.500. The van der Waals surface area contributed by atoms with Gasteiger partial charge in [-0.3, -0.25) is 4.79 Å². The van der Waals surface area contributed by atoms with Crippen LogP contribution in [-0.2, 0) is 17.5 Å². The third-order valence-electron chi connectivity index (χ3n) is 3.91. The molecule has 132 valence electrons. The molecule has 5 nitrogen and oxygen atoms in total. The van der Waals surface area contributed by atoms with Gasteiger partial charge in [-0.2, -0.15) is 13.2 Å². The third-order valence-corrected chi connectivity index (χ3v) is 3.91. The van der Waals surface area contributed by atoms with Crippen LogP contribution in [0.5, 0.6) is 0 Å². The third kappa shape index (κ3) is 4.62. The summed E-state index contributed by atoms with van der Waals surface area (Å²) in [6.45, 7) is 0.371.